The number of aryl methyl sites for hydroxylation is 1. The minimum absolute atomic E-state index is 0.0855. The second kappa shape index (κ2) is 10.4. The largest absolute Gasteiger partial charge is 0.396 e. The number of aliphatic hydroxyl groups is 1. The molecule has 2 aromatic rings. The molecule has 26 heavy (non-hydrogen) atoms. The Morgan fingerprint density at radius 3 is 2.62 bits per heavy atom. The molecule has 0 aliphatic rings. The van der Waals surface area contributed by atoms with E-state index in [9.17, 15) is 4.79 Å². The number of nitrogens with zero attached hydrogens (tertiary/aromatic N) is 2. The third-order valence-electron chi connectivity index (χ3n) is 3.67. The number of thioether (sulfide) groups is 1. The number of unbranched alkanes of at least 4 members (excludes halogenated alkanes) is 3. The Balaban J connectivity index is 2.21. The number of aromatic nitrogens is 2. The van der Waals surface area contributed by atoms with Gasteiger partial charge in [-0.15, -0.1) is 0 Å². The van der Waals surface area contributed by atoms with Gasteiger partial charge in [0.1, 0.15) is 0 Å². The lowest BCUT2D eigenvalue weighted by Gasteiger charge is -2.08. The van der Waals surface area contributed by atoms with Gasteiger partial charge in [-0.25, -0.2) is 9.98 Å². The van der Waals surface area contributed by atoms with Crippen molar-refractivity contribution in [3.05, 3.63) is 45.3 Å². The fraction of sp³-hybridized carbons (Fsp3) is 0.389. The molecule has 0 amide bonds. The van der Waals surface area contributed by atoms with E-state index >= 15 is 0 Å². The summed E-state index contributed by atoms with van der Waals surface area (Å²) in [6.07, 6.45) is 4.44. The Kier molecular flexibility index (Phi) is 8.15. The highest BCUT2D eigenvalue weighted by Crippen LogP contribution is 2.26. The fourth-order valence-electron chi connectivity index (χ4n) is 2.37. The van der Waals surface area contributed by atoms with Crippen LogP contribution in [0.1, 0.15) is 37.8 Å². The van der Waals surface area contributed by atoms with E-state index in [1.165, 1.54) is 11.8 Å². The number of nitrogens with two attached hydrogens (primary N) is 1. The molecule has 8 heteroatoms. The van der Waals surface area contributed by atoms with Crippen molar-refractivity contribution in [1.82, 2.24) is 9.97 Å². The molecule has 0 radical (unpaired) electrons. The Hall–Kier alpha value is -1.83. The number of halogens is 1. The van der Waals surface area contributed by atoms with E-state index in [0.29, 0.717) is 10.7 Å². The third kappa shape index (κ3) is 6.48. The van der Waals surface area contributed by atoms with Gasteiger partial charge in [-0.2, -0.15) is 0 Å². The molecule has 1 aromatic heterocycles. The number of nitrogen functional groups attached to an aromatic ring is 1. The summed E-state index contributed by atoms with van der Waals surface area (Å²) >= 11 is 7.45. The minimum atomic E-state index is -0.343. The van der Waals surface area contributed by atoms with Crippen LogP contribution in [0.2, 0.25) is 5.02 Å². The maximum Gasteiger partial charge on any atom is 0.278 e. The molecule has 1 heterocycles. The van der Waals surface area contributed by atoms with Crippen molar-refractivity contribution < 1.29 is 5.11 Å². The Morgan fingerprint density at radius 2 is 1.96 bits per heavy atom. The number of H-pyrrole nitrogens is 1. The highest BCUT2D eigenvalue weighted by Gasteiger charge is 2.10. The first-order valence-corrected chi connectivity index (χ1v) is 9.67. The first-order chi connectivity index (χ1) is 12.5. The minimum Gasteiger partial charge on any atom is -0.396 e. The van der Waals surface area contributed by atoms with Crippen LogP contribution in [0.5, 0.6) is 0 Å². The van der Waals surface area contributed by atoms with Crippen molar-refractivity contribution in [2.45, 2.75) is 43.9 Å². The SMILES string of the molecule is Cc1nc(N)[nH]c(=O)c1N=C(CCCCCCO)Sc1ccc(Cl)cc1. The molecule has 0 atom stereocenters. The Bertz CT molecular complexity index is 806. The van der Waals surface area contributed by atoms with Crippen LogP contribution in [0, 0.1) is 6.92 Å². The van der Waals surface area contributed by atoms with E-state index in [2.05, 4.69) is 15.0 Å². The molecular weight excluding hydrogens is 372 g/mol. The van der Waals surface area contributed by atoms with E-state index in [1.807, 2.05) is 24.3 Å². The van der Waals surface area contributed by atoms with E-state index in [1.54, 1.807) is 6.92 Å². The summed E-state index contributed by atoms with van der Waals surface area (Å²) in [6, 6.07) is 7.50. The molecule has 0 aliphatic heterocycles. The van der Waals surface area contributed by atoms with Crippen molar-refractivity contribution in [3.63, 3.8) is 0 Å². The van der Waals surface area contributed by atoms with Gasteiger partial charge in [0.05, 0.1) is 10.7 Å². The molecule has 0 spiro atoms. The molecule has 1 aromatic carbocycles. The first kappa shape index (κ1) is 20.5. The van der Waals surface area contributed by atoms with Crippen LogP contribution in [-0.2, 0) is 0 Å². The van der Waals surface area contributed by atoms with Gasteiger partial charge in [-0.05, 0) is 50.5 Å². The molecule has 0 saturated heterocycles. The van der Waals surface area contributed by atoms with Crippen molar-refractivity contribution in [2.75, 3.05) is 12.3 Å². The number of aliphatic imine (C=N–C) groups is 1. The van der Waals surface area contributed by atoms with Crippen molar-refractivity contribution >= 4 is 40.0 Å². The predicted molar refractivity (Wildman–Crippen MR) is 109 cm³/mol. The van der Waals surface area contributed by atoms with E-state index in [-0.39, 0.29) is 23.8 Å². The molecule has 0 bridgehead atoms. The number of aliphatic hydroxyl groups excluding tert-OH is 1. The summed E-state index contributed by atoms with van der Waals surface area (Å²) in [5.41, 5.74) is 6.01. The molecule has 4 N–H and O–H groups in total. The monoisotopic (exact) mass is 394 g/mol. The lowest BCUT2D eigenvalue weighted by atomic mass is 10.1. The lowest BCUT2D eigenvalue weighted by molar-refractivity contribution is 0.283. The highest BCUT2D eigenvalue weighted by molar-refractivity contribution is 8.14. The van der Waals surface area contributed by atoms with E-state index in [0.717, 1.165) is 42.0 Å². The highest BCUT2D eigenvalue weighted by atomic mass is 35.5. The zero-order valence-corrected chi connectivity index (χ0v) is 16.2. The molecule has 0 saturated carbocycles. The molecule has 2 rings (SSSR count). The quantitative estimate of drug-likeness (QED) is 0.271. The van der Waals surface area contributed by atoms with Crippen LogP contribution >= 0.6 is 23.4 Å². The number of aromatic amines is 1. The van der Waals surface area contributed by atoms with Gasteiger partial charge in [-0.3, -0.25) is 9.78 Å². The summed E-state index contributed by atoms with van der Waals surface area (Å²) in [5.74, 6) is 0.0855. The first-order valence-electron chi connectivity index (χ1n) is 8.48. The number of benzene rings is 1. The van der Waals surface area contributed by atoms with Crippen molar-refractivity contribution in [2.24, 2.45) is 4.99 Å². The number of hydrogen-bond acceptors (Lipinski definition) is 6. The average Bonchev–Trinajstić information content (AvgIpc) is 2.59. The molecular formula is C18H23ClN4O2S. The molecule has 0 fully saturated rings. The smallest absolute Gasteiger partial charge is 0.278 e. The van der Waals surface area contributed by atoms with Crippen LogP contribution in [0.3, 0.4) is 0 Å². The fourth-order valence-corrected chi connectivity index (χ4v) is 3.42. The van der Waals surface area contributed by atoms with Crippen molar-refractivity contribution in [3.8, 4) is 0 Å². The second-order valence-corrected chi connectivity index (χ2v) is 7.42. The maximum atomic E-state index is 12.2. The number of hydrogen-bond donors (Lipinski definition) is 3. The van der Waals surface area contributed by atoms with Crippen LogP contribution in [-0.4, -0.2) is 26.7 Å². The standard InChI is InChI=1S/C18H23ClN4O2S/c1-12-16(17(25)23-18(20)21-12)22-15(6-4-2-3-5-11-24)26-14-9-7-13(19)8-10-14/h7-10,24H,2-6,11H2,1H3,(H3,20,21,23,25). The van der Waals surface area contributed by atoms with E-state index < -0.39 is 0 Å². The van der Waals surface area contributed by atoms with E-state index in [4.69, 9.17) is 22.4 Å². The zero-order chi connectivity index (χ0) is 18.9. The third-order valence-corrected chi connectivity index (χ3v) is 4.96. The van der Waals surface area contributed by atoms with Gasteiger partial charge < -0.3 is 10.8 Å². The zero-order valence-electron chi connectivity index (χ0n) is 14.7. The summed E-state index contributed by atoms with van der Waals surface area (Å²) in [6.45, 7) is 1.93. The second-order valence-electron chi connectivity index (χ2n) is 5.83. The summed E-state index contributed by atoms with van der Waals surface area (Å²) in [5, 5.41) is 10.4. The Labute approximate surface area is 161 Å². The van der Waals surface area contributed by atoms with Crippen LogP contribution in [0.4, 0.5) is 11.6 Å². The summed E-state index contributed by atoms with van der Waals surface area (Å²) < 4.78 is 0. The van der Waals surface area contributed by atoms with Gasteiger partial charge >= 0.3 is 0 Å². The number of rotatable bonds is 8. The average molecular weight is 395 g/mol. The predicted octanol–water partition coefficient (Wildman–Crippen LogP) is 4.08. The summed E-state index contributed by atoms with van der Waals surface area (Å²) in [4.78, 5) is 24.3. The van der Waals surface area contributed by atoms with Crippen LogP contribution in [0.15, 0.2) is 38.9 Å². The van der Waals surface area contributed by atoms with Crippen LogP contribution in [0.25, 0.3) is 0 Å². The van der Waals surface area contributed by atoms with Gasteiger partial charge in [0, 0.05) is 16.5 Å². The van der Waals surface area contributed by atoms with Gasteiger partial charge in [-0.1, -0.05) is 36.2 Å². The molecule has 0 unspecified atom stereocenters. The van der Waals surface area contributed by atoms with Gasteiger partial charge in [0.15, 0.2) is 5.69 Å². The van der Waals surface area contributed by atoms with Crippen molar-refractivity contribution in [1.29, 1.82) is 0 Å². The Morgan fingerprint density at radius 1 is 1.27 bits per heavy atom. The molecule has 140 valence electrons. The van der Waals surface area contributed by atoms with Gasteiger partial charge in [0.25, 0.3) is 5.56 Å². The number of anilines is 1. The summed E-state index contributed by atoms with van der Waals surface area (Å²) in [7, 11) is 0. The lowest BCUT2D eigenvalue weighted by Crippen LogP contribution is -2.13. The normalized spacial score (nSPS) is 11.7. The van der Waals surface area contributed by atoms with Crippen LogP contribution < -0.4 is 11.3 Å². The van der Waals surface area contributed by atoms with Gasteiger partial charge in [0.2, 0.25) is 5.95 Å². The molecule has 6 nitrogen and oxygen atoms in total. The topological polar surface area (TPSA) is 104 Å². The number of nitrogens with one attached hydrogen (secondary N) is 1. The maximum absolute atomic E-state index is 12.2. The molecule has 0 aliphatic carbocycles.